The molecule has 0 unspecified atom stereocenters. The molecule has 0 bridgehead atoms. The second kappa shape index (κ2) is 13.9. The predicted octanol–water partition coefficient (Wildman–Crippen LogP) is -1.54. The van der Waals surface area contributed by atoms with Gasteiger partial charge in [0.25, 0.3) is 17.4 Å². The van der Waals surface area contributed by atoms with Gasteiger partial charge in [0.15, 0.2) is 0 Å². The number of esters is 1. The number of ketones is 1. The Balaban J connectivity index is 3.10. The Labute approximate surface area is 195 Å². The molecule has 1 rings (SSSR count). The molecule has 1 atom stereocenters. The topological polar surface area (TPSA) is 191 Å². The number of amides is 3. The van der Waals surface area contributed by atoms with Crippen molar-refractivity contribution in [1.82, 2.24) is 20.5 Å². The number of ether oxygens (including phenoxy) is 1. The van der Waals surface area contributed by atoms with Gasteiger partial charge in [-0.2, -0.15) is 0 Å². The molecule has 0 aromatic carbocycles. The summed E-state index contributed by atoms with van der Waals surface area (Å²) < 4.78 is 5.85. The first kappa shape index (κ1) is 27.6. The van der Waals surface area contributed by atoms with Crippen LogP contribution < -0.4 is 32.6 Å². The first-order chi connectivity index (χ1) is 16.2. The van der Waals surface area contributed by atoms with Crippen molar-refractivity contribution in [3.05, 3.63) is 53.4 Å². The summed E-state index contributed by atoms with van der Waals surface area (Å²) >= 11 is 0. The molecule has 1 aromatic heterocycles. The number of carbonyl (C=O) groups is 5. The lowest BCUT2D eigenvalue weighted by molar-refractivity contribution is -0.143. The Hall–Kier alpha value is -4.42. The van der Waals surface area contributed by atoms with E-state index in [-0.39, 0.29) is 37.4 Å². The highest BCUT2D eigenvalue weighted by Gasteiger charge is 2.25. The summed E-state index contributed by atoms with van der Waals surface area (Å²) in [6.45, 7) is 4.81. The highest BCUT2D eigenvalue weighted by atomic mass is 16.5. The fourth-order valence-electron chi connectivity index (χ4n) is 2.65. The van der Waals surface area contributed by atoms with Crippen LogP contribution in [0.4, 0.5) is 5.69 Å². The third-order valence-electron chi connectivity index (χ3n) is 4.31. The molecule has 0 saturated carbocycles. The summed E-state index contributed by atoms with van der Waals surface area (Å²) in [4.78, 5) is 73.0. The molecule has 13 nitrogen and oxygen atoms in total. The second-order valence-electron chi connectivity index (χ2n) is 6.65. The lowest BCUT2D eigenvalue weighted by Gasteiger charge is -2.19. The molecule has 6 N–H and O–H groups in total. The van der Waals surface area contributed by atoms with Crippen LogP contribution in [0.25, 0.3) is 0 Å². The van der Waals surface area contributed by atoms with E-state index in [4.69, 9.17) is 10.5 Å². The van der Waals surface area contributed by atoms with Gasteiger partial charge in [0.2, 0.25) is 11.7 Å². The molecular weight excluding hydrogens is 448 g/mol. The number of nitrogens with two attached hydrogens (primary N) is 1. The van der Waals surface area contributed by atoms with Crippen LogP contribution in [0.3, 0.4) is 0 Å². The Bertz CT molecular complexity index is 1030. The molecule has 184 valence electrons. The summed E-state index contributed by atoms with van der Waals surface area (Å²) in [6, 6.07) is 1.42. The number of nitrogens with one attached hydrogen (secondary N) is 4. The molecule has 34 heavy (non-hydrogen) atoms. The van der Waals surface area contributed by atoms with E-state index in [1.54, 1.807) is 6.92 Å². The van der Waals surface area contributed by atoms with Crippen molar-refractivity contribution in [1.29, 1.82) is 0 Å². The smallest absolute Gasteiger partial charge is 0.326 e. The van der Waals surface area contributed by atoms with E-state index in [9.17, 15) is 28.8 Å². The lowest BCUT2D eigenvalue weighted by atomic mass is 10.1. The monoisotopic (exact) mass is 476 g/mol. The number of hydrogen-bond acceptors (Lipinski definition) is 9. The normalized spacial score (nSPS) is 11.5. The number of pyridine rings is 1. The van der Waals surface area contributed by atoms with Gasteiger partial charge in [-0.1, -0.05) is 6.58 Å². The van der Waals surface area contributed by atoms with E-state index in [0.29, 0.717) is 0 Å². The van der Waals surface area contributed by atoms with Crippen LogP contribution in [0.1, 0.15) is 19.8 Å². The molecule has 0 aliphatic carbocycles. The highest BCUT2D eigenvalue weighted by molar-refractivity contribution is 6.36. The maximum Gasteiger partial charge on any atom is 0.326 e. The minimum atomic E-state index is -1.32. The molecule has 13 heteroatoms. The first-order valence-corrected chi connectivity index (χ1v) is 10.2. The van der Waals surface area contributed by atoms with Crippen molar-refractivity contribution in [2.45, 2.75) is 32.4 Å². The average molecular weight is 476 g/mol. The largest absolute Gasteiger partial charge is 0.465 e. The van der Waals surface area contributed by atoms with Crippen LogP contribution >= 0.6 is 0 Å². The van der Waals surface area contributed by atoms with E-state index in [1.165, 1.54) is 31.6 Å². The van der Waals surface area contributed by atoms with E-state index in [2.05, 4.69) is 27.8 Å². The van der Waals surface area contributed by atoms with Crippen molar-refractivity contribution in [3.63, 3.8) is 0 Å². The zero-order valence-corrected chi connectivity index (χ0v) is 18.9. The molecule has 0 fully saturated rings. The first-order valence-electron chi connectivity index (χ1n) is 10.2. The van der Waals surface area contributed by atoms with Gasteiger partial charge >= 0.3 is 5.97 Å². The fraction of sp³-hybridized carbons (Fsp3) is 0.333. The Morgan fingerprint density at radius 1 is 1.24 bits per heavy atom. The van der Waals surface area contributed by atoms with Gasteiger partial charge in [0, 0.05) is 25.9 Å². The quantitative estimate of drug-likeness (QED) is 0.128. The minimum Gasteiger partial charge on any atom is -0.465 e. The van der Waals surface area contributed by atoms with Crippen LogP contribution in [0.2, 0.25) is 0 Å². The van der Waals surface area contributed by atoms with Gasteiger partial charge in [0.05, 0.1) is 6.61 Å². The summed E-state index contributed by atoms with van der Waals surface area (Å²) in [5.74, 6) is -3.92. The lowest BCUT2D eigenvalue weighted by Crippen LogP contribution is -2.47. The predicted molar refractivity (Wildman–Crippen MR) is 122 cm³/mol. The standard InChI is InChI=1S/C21H28N6O7/c1-4-24-15(11-22)19(31)25-13(8-9-16(28)20(32)23-3)18(30)26-14-7-6-10-27(21(14)33)12-17(29)34-5-2/h4,6-7,10-11,13,24H,1,5,8-9,12,22H2,2-3H3,(H,23,32)(H,25,31)(H,26,30)/b15-11-/t13-/m0/s1. The molecule has 0 radical (unpaired) electrons. The van der Waals surface area contributed by atoms with Gasteiger partial charge < -0.3 is 36.3 Å². The van der Waals surface area contributed by atoms with Crippen LogP contribution in [-0.2, 0) is 35.3 Å². The number of aromatic nitrogens is 1. The van der Waals surface area contributed by atoms with Crippen LogP contribution in [-0.4, -0.2) is 53.7 Å². The Morgan fingerprint density at radius 3 is 2.53 bits per heavy atom. The second-order valence-corrected chi connectivity index (χ2v) is 6.65. The zero-order chi connectivity index (χ0) is 25.7. The highest BCUT2D eigenvalue weighted by Crippen LogP contribution is 2.06. The number of nitrogens with zero attached hydrogens (tertiary/aromatic N) is 1. The zero-order valence-electron chi connectivity index (χ0n) is 18.9. The van der Waals surface area contributed by atoms with Crippen LogP contribution in [0.5, 0.6) is 0 Å². The van der Waals surface area contributed by atoms with Gasteiger partial charge in [-0.15, -0.1) is 0 Å². The molecule has 0 saturated heterocycles. The number of rotatable bonds is 13. The van der Waals surface area contributed by atoms with Crippen LogP contribution in [0, 0.1) is 0 Å². The average Bonchev–Trinajstić information content (AvgIpc) is 2.81. The SMILES string of the molecule is C=CN/C(=C\N)C(=O)N[C@@H](CCC(=O)C(=O)NC)C(=O)Nc1cccn(CC(=O)OCC)c1=O. The Morgan fingerprint density at radius 2 is 1.94 bits per heavy atom. The molecule has 3 amide bonds. The van der Waals surface area contributed by atoms with E-state index >= 15 is 0 Å². The van der Waals surface area contributed by atoms with Gasteiger partial charge in [-0.3, -0.25) is 28.8 Å². The van der Waals surface area contributed by atoms with Gasteiger partial charge in [0.1, 0.15) is 24.0 Å². The number of likely N-dealkylation sites (N-methyl/N-ethyl adjacent to an activating group) is 1. The van der Waals surface area contributed by atoms with Crippen LogP contribution in [0.15, 0.2) is 47.8 Å². The van der Waals surface area contributed by atoms with Crippen molar-refractivity contribution >= 4 is 35.2 Å². The fourth-order valence-corrected chi connectivity index (χ4v) is 2.65. The number of carbonyl (C=O) groups excluding carboxylic acids is 5. The van der Waals surface area contributed by atoms with Gasteiger partial charge in [-0.25, -0.2) is 0 Å². The van der Waals surface area contributed by atoms with Crippen molar-refractivity contribution in [2.75, 3.05) is 19.0 Å². The van der Waals surface area contributed by atoms with E-state index in [1.807, 2.05) is 0 Å². The van der Waals surface area contributed by atoms with Crippen molar-refractivity contribution < 1.29 is 28.7 Å². The van der Waals surface area contributed by atoms with Crippen molar-refractivity contribution in [3.8, 4) is 0 Å². The summed E-state index contributed by atoms with van der Waals surface area (Å²) in [6.07, 6.45) is 2.87. The summed E-state index contributed by atoms with van der Waals surface area (Å²) in [5.41, 5.74) is 4.40. The molecule has 1 aromatic rings. The number of anilines is 1. The van der Waals surface area contributed by atoms with E-state index in [0.717, 1.165) is 10.8 Å². The summed E-state index contributed by atoms with van der Waals surface area (Å²) in [7, 11) is 1.28. The maximum atomic E-state index is 12.9. The molecule has 1 heterocycles. The van der Waals surface area contributed by atoms with E-state index < -0.39 is 41.1 Å². The summed E-state index contributed by atoms with van der Waals surface area (Å²) in [5, 5.41) is 9.43. The number of hydrogen-bond donors (Lipinski definition) is 5. The molecular formula is C21H28N6O7. The third-order valence-corrected chi connectivity index (χ3v) is 4.31. The number of Topliss-reactive ketones (excluding diaryl/α,β-unsaturated/α-hetero) is 1. The third kappa shape index (κ3) is 8.26. The van der Waals surface area contributed by atoms with Crippen molar-refractivity contribution in [2.24, 2.45) is 5.73 Å². The molecule has 0 aliphatic heterocycles. The Kier molecular flexibility index (Phi) is 11.3. The maximum absolute atomic E-state index is 12.9. The molecule has 0 spiro atoms. The minimum absolute atomic E-state index is 0.123. The molecule has 0 aliphatic rings. The van der Waals surface area contributed by atoms with Gasteiger partial charge in [-0.05, 0) is 31.7 Å².